The van der Waals surface area contributed by atoms with Crippen molar-refractivity contribution >= 4 is 56.8 Å². The molecule has 0 radical (unpaired) electrons. The predicted octanol–water partition coefficient (Wildman–Crippen LogP) is 5.27. The van der Waals surface area contributed by atoms with Crippen LogP contribution in [0.4, 0.5) is 5.95 Å². The van der Waals surface area contributed by atoms with E-state index in [1.807, 2.05) is 25.1 Å². The molecule has 0 unspecified atom stereocenters. The van der Waals surface area contributed by atoms with Gasteiger partial charge in [-0.1, -0.05) is 23.2 Å². The molecule has 0 spiro atoms. The number of benzene rings is 1. The van der Waals surface area contributed by atoms with Crippen molar-refractivity contribution in [3.63, 3.8) is 0 Å². The normalized spacial score (nSPS) is 12.3. The maximum Gasteiger partial charge on any atom is 0.221 e. The van der Waals surface area contributed by atoms with Gasteiger partial charge in [0.25, 0.3) is 0 Å². The molecule has 3 rings (SSSR count). The molecule has 0 aliphatic rings. The number of nitrogens with two attached hydrogens (primary N) is 1. The van der Waals surface area contributed by atoms with E-state index < -0.39 is 6.29 Å². The zero-order chi connectivity index (χ0) is 18.8. The van der Waals surface area contributed by atoms with Crippen molar-refractivity contribution in [2.75, 3.05) is 20.0 Å². The fraction of sp³-hybridized carbons (Fsp3) is 0.222. The molecule has 0 atom stereocenters. The second kappa shape index (κ2) is 7.90. The van der Waals surface area contributed by atoms with Gasteiger partial charge in [-0.3, -0.25) is 0 Å². The minimum atomic E-state index is -0.401. The number of nitrogen functional groups attached to an aromatic ring is 1. The molecule has 0 fully saturated rings. The topological polar surface area (TPSA) is 70.3 Å². The quantitative estimate of drug-likeness (QED) is 0.581. The summed E-state index contributed by atoms with van der Waals surface area (Å²) in [5.74, 6) is 0.194. The minimum absolute atomic E-state index is 0.194. The van der Waals surface area contributed by atoms with Gasteiger partial charge in [-0.05, 0) is 42.8 Å². The average molecular weight is 410 g/mol. The lowest BCUT2D eigenvalue weighted by Gasteiger charge is -2.13. The summed E-state index contributed by atoms with van der Waals surface area (Å²) in [7, 11) is 3.20. The smallest absolute Gasteiger partial charge is 0.221 e. The van der Waals surface area contributed by atoms with E-state index in [-0.39, 0.29) is 5.95 Å². The molecule has 0 aliphatic heterocycles. The van der Waals surface area contributed by atoms with Crippen LogP contribution in [0.1, 0.15) is 11.8 Å². The highest BCUT2D eigenvalue weighted by molar-refractivity contribution is 7.19. The number of hydrogen-bond acceptors (Lipinski definition) is 6. The highest BCUT2D eigenvalue weighted by atomic mass is 35.5. The summed E-state index contributed by atoms with van der Waals surface area (Å²) in [5.41, 5.74) is 8.28. The Morgan fingerprint density at radius 1 is 1.19 bits per heavy atom. The van der Waals surface area contributed by atoms with E-state index in [0.717, 1.165) is 26.2 Å². The Hall–Kier alpha value is -1.70. The summed E-state index contributed by atoms with van der Waals surface area (Å²) in [6, 6.07) is 7.29. The van der Waals surface area contributed by atoms with E-state index in [1.165, 1.54) is 11.3 Å². The largest absolute Gasteiger partial charge is 0.368 e. The summed E-state index contributed by atoms with van der Waals surface area (Å²) < 4.78 is 10.6. The number of rotatable bonds is 5. The van der Waals surface area contributed by atoms with Gasteiger partial charge in [0.2, 0.25) is 5.95 Å². The lowest BCUT2D eigenvalue weighted by Crippen LogP contribution is -2.13. The summed E-state index contributed by atoms with van der Waals surface area (Å²) in [6.07, 6.45) is 1.59. The van der Waals surface area contributed by atoms with Gasteiger partial charge in [0.05, 0.1) is 10.7 Å². The van der Waals surface area contributed by atoms with Crippen molar-refractivity contribution in [3.8, 4) is 11.3 Å². The maximum atomic E-state index is 6.36. The third-order valence-corrected chi connectivity index (χ3v) is 5.31. The predicted molar refractivity (Wildman–Crippen MR) is 109 cm³/mol. The van der Waals surface area contributed by atoms with Crippen LogP contribution < -0.4 is 5.73 Å². The van der Waals surface area contributed by atoms with Gasteiger partial charge in [-0.25, -0.2) is 9.97 Å². The van der Waals surface area contributed by atoms with Crippen molar-refractivity contribution in [2.24, 2.45) is 0 Å². The number of halogens is 2. The number of ether oxygens (including phenoxy) is 2. The van der Waals surface area contributed by atoms with Crippen LogP contribution in [0.3, 0.4) is 0 Å². The molecule has 0 saturated carbocycles. The van der Waals surface area contributed by atoms with Gasteiger partial charge in [0.15, 0.2) is 6.29 Å². The van der Waals surface area contributed by atoms with Gasteiger partial charge in [0, 0.05) is 35.1 Å². The average Bonchev–Trinajstić information content (AvgIpc) is 2.97. The summed E-state index contributed by atoms with van der Waals surface area (Å²) >= 11 is 13.9. The van der Waals surface area contributed by atoms with Crippen molar-refractivity contribution in [1.82, 2.24) is 9.97 Å². The molecule has 8 heteroatoms. The standard InChI is InChI=1S/C18H17Cl2N3O2S/c1-9(17(24-2)25-3)6-11-8-13-15(22-18(21)23-16(13)26-11)12-5-4-10(19)7-14(12)20/h4-8,17H,1-3H3,(H2,21,22,23). The highest BCUT2D eigenvalue weighted by Crippen LogP contribution is 2.37. The Morgan fingerprint density at radius 2 is 1.92 bits per heavy atom. The molecule has 136 valence electrons. The number of hydrogen-bond donors (Lipinski definition) is 1. The zero-order valence-corrected chi connectivity index (χ0v) is 16.7. The number of fused-ring (bicyclic) bond motifs is 1. The number of aromatic nitrogens is 2. The Labute approximate surface area is 165 Å². The Morgan fingerprint density at radius 3 is 2.58 bits per heavy atom. The first-order chi connectivity index (χ1) is 12.4. The molecule has 0 bridgehead atoms. The first kappa shape index (κ1) is 19.1. The molecule has 0 saturated heterocycles. The summed E-state index contributed by atoms with van der Waals surface area (Å²) in [5, 5.41) is 1.95. The van der Waals surface area contributed by atoms with Crippen LogP contribution in [-0.2, 0) is 9.47 Å². The number of anilines is 1. The Kier molecular flexibility index (Phi) is 5.79. The molecule has 26 heavy (non-hydrogen) atoms. The van der Waals surface area contributed by atoms with E-state index in [1.54, 1.807) is 26.4 Å². The number of nitrogens with zero attached hydrogens (tertiary/aromatic N) is 2. The van der Waals surface area contributed by atoms with E-state index in [9.17, 15) is 0 Å². The molecule has 2 aromatic heterocycles. The lowest BCUT2D eigenvalue weighted by molar-refractivity contribution is -0.0740. The monoisotopic (exact) mass is 409 g/mol. The number of methoxy groups -OCH3 is 2. The number of thiophene rings is 1. The highest BCUT2D eigenvalue weighted by Gasteiger charge is 2.15. The Bertz CT molecular complexity index is 984. The second-order valence-corrected chi connectivity index (χ2v) is 7.52. The fourth-order valence-electron chi connectivity index (χ4n) is 2.67. The van der Waals surface area contributed by atoms with Gasteiger partial charge in [-0.15, -0.1) is 11.3 Å². The van der Waals surface area contributed by atoms with Gasteiger partial charge < -0.3 is 15.2 Å². The van der Waals surface area contributed by atoms with Crippen LogP contribution in [0.5, 0.6) is 0 Å². The van der Waals surface area contributed by atoms with E-state index in [0.29, 0.717) is 15.7 Å². The third kappa shape index (κ3) is 3.84. The molecule has 0 amide bonds. The summed E-state index contributed by atoms with van der Waals surface area (Å²) in [6.45, 7) is 1.94. The third-order valence-electron chi connectivity index (χ3n) is 3.79. The van der Waals surface area contributed by atoms with Crippen LogP contribution in [-0.4, -0.2) is 30.5 Å². The lowest BCUT2D eigenvalue weighted by atomic mass is 10.1. The van der Waals surface area contributed by atoms with Gasteiger partial charge in [-0.2, -0.15) is 0 Å². The van der Waals surface area contributed by atoms with E-state index in [4.69, 9.17) is 38.4 Å². The minimum Gasteiger partial charge on any atom is -0.368 e. The molecule has 5 nitrogen and oxygen atoms in total. The first-order valence-corrected chi connectivity index (χ1v) is 9.26. The molecule has 3 aromatic rings. The van der Waals surface area contributed by atoms with Gasteiger partial charge in [0.1, 0.15) is 4.83 Å². The Balaban J connectivity index is 2.14. The van der Waals surface area contributed by atoms with Crippen molar-refractivity contribution < 1.29 is 9.47 Å². The maximum absolute atomic E-state index is 6.36. The molecular formula is C18H17Cl2N3O2S. The van der Waals surface area contributed by atoms with Crippen molar-refractivity contribution in [2.45, 2.75) is 13.2 Å². The van der Waals surface area contributed by atoms with E-state index in [2.05, 4.69) is 9.97 Å². The molecule has 1 aromatic carbocycles. The van der Waals surface area contributed by atoms with Crippen LogP contribution in [0, 0.1) is 0 Å². The van der Waals surface area contributed by atoms with E-state index >= 15 is 0 Å². The van der Waals surface area contributed by atoms with Crippen LogP contribution in [0.15, 0.2) is 29.8 Å². The molecule has 2 N–H and O–H groups in total. The second-order valence-electron chi connectivity index (χ2n) is 5.61. The van der Waals surface area contributed by atoms with Crippen molar-refractivity contribution in [1.29, 1.82) is 0 Å². The molecule has 2 heterocycles. The SMILES string of the molecule is COC(OC)C(C)=Cc1cc2c(-c3ccc(Cl)cc3Cl)nc(N)nc2s1. The molecule has 0 aliphatic carbocycles. The van der Waals surface area contributed by atoms with Gasteiger partial charge >= 0.3 is 0 Å². The first-order valence-electron chi connectivity index (χ1n) is 7.69. The summed E-state index contributed by atoms with van der Waals surface area (Å²) in [4.78, 5) is 10.5. The molecular weight excluding hydrogens is 393 g/mol. The van der Waals surface area contributed by atoms with Crippen LogP contribution in [0.2, 0.25) is 10.0 Å². The van der Waals surface area contributed by atoms with Crippen LogP contribution >= 0.6 is 34.5 Å². The van der Waals surface area contributed by atoms with Crippen molar-refractivity contribution in [3.05, 3.63) is 44.8 Å². The van der Waals surface area contributed by atoms with Crippen LogP contribution in [0.25, 0.3) is 27.6 Å². The zero-order valence-electron chi connectivity index (χ0n) is 14.4. The fourth-order valence-corrected chi connectivity index (χ4v) is 4.22.